The minimum atomic E-state index is 0.0369. The van der Waals surface area contributed by atoms with Gasteiger partial charge in [-0.1, -0.05) is 13.8 Å². The Morgan fingerprint density at radius 3 is 2.94 bits per heavy atom. The van der Waals surface area contributed by atoms with Gasteiger partial charge in [0.2, 0.25) is 5.91 Å². The Balaban J connectivity index is 1.75. The fraction of sp³-hybridized carbons (Fsp3) is 0.923. The Morgan fingerprint density at radius 2 is 2.29 bits per heavy atom. The molecule has 2 aliphatic rings. The third-order valence-electron chi connectivity index (χ3n) is 3.84. The molecular formula is C13H24N2O2. The van der Waals surface area contributed by atoms with Crippen LogP contribution in [0, 0.1) is 11.8 Å². The lowest BCUT2D eigenvalue weighted by atomic mass is 9.93. The average molecular weight is 240 g/mol. The van der Waals surface area contributed by atoms with Crippen LogP contribution in [0.3, 0.4) is 0 Å². The van der Waals surface area contributed by atoms with Crippen LogP contribution in [-0.4, -0.2) is 37.7 Å². The summed E-state index contributed by atoms with van der Waals surface area (Å²) in [7, 11) is 0. The van der Waals surface area contributed by atoms with Gasteiger partial charge in [0.25, 0.3) is 0 Å². The van der Waals surface area contributed by atoms with Crippen LogP contribution in [0.15, 0.2) is 0 Å². The molecule has 3 unspecified atom stereocenters. The highest BCUT2D eigenvalue weighted by molar-refractivity contribution is 5.81. The van der Waals surface area contributed by atoms with Crippen molar-refractivity contribution in [2.75, 3.05) is 19.7 Å². The maximum atomic E-state index is 11.9. The largest absolute Gasteiger partial charge is 0.378 e. The van der Waals surface area contributed by atoms with Crippen molar-refractivity contribution in [3.8, 4) is 0 Å². The van der Waals surface area contributed by atoms with E-state index in [2.05, 4.69) is 24.5 Å². The monoisotopic (exact) mass is 240 g/mol. The second kappa shape index (κ2) is 5.83. The van der Waals surface area contributed by atoms with Gasteiger partial charge in [-0.2, -0.15) is 0 Å². The molecule has 0 aromatic heterocycles. The van der Waals surface area contributed by atoms with E-state index in [4.69, 9.17) is 4.74 Å². The molecule has 2 heterocycles. The molecule has 4 nitrogen and oxygen atoms in total. The summed E-state index contributed by atoms with van der Waals surface area (Å²) >= 11 is 0. The summed E-state index contributed by atoms with van der Waals surface area (Å²) in [6.45, 7) is 6.94. The van der Waals surface area contributed by atoms with Gasteiger partial charge in [0.1, 0.15) is 0 Å². The summed E-state index contributed by atoms with van der Waals surface area (Å²) in [6, 6.07) is 0.0369. The molecule has 0 aromatic carbocycles. The van der Waals surface area contributed by atoms with Crippen molar-refractivity contribution in [2.24, 2.45) is 11.8 Å². The van der Waals surface area contributed by atoms with Crippen molar-refractivity contribution >= 4 is 5.91 Å². The number of carbonyl (C=O) groups is 1. The zero-order valence-corrected chi connectivity index (χ0v) is 10.9. The summed E-state index contributed by atoms with van der Waals surface area (Å²) in [4.78, 5) is 11.9. The van der Waals surface area contributed by atoms with Crippen LogP contribution >= 0.6 is 0 Å². The number of hydrogen-bond donors (Lipinski definition) is 2. The predicted octanol–water partition coefficient (Wildman–Crippen LogP) is 0.916. The van der Waals surface area contributed by atoms with Crippen LogP contribution in [0.4, 0.5) is 0 Å². The number of ether oxygens (including phenoxy) is 1. The van der Waals surface area contributed by atoms with Crippen molar-refractivity contribution in [1.82, 2.24) is 10.6 Å². The summed E-state index contributed by atoms with van der Waals surface area (Å²) in [5, 5.41) is 6.29. The summed E-state index contributed by atoms with van der Waals surface area (Å²) < 4.78 is 5.72. The molecule has 0 spiro atoms. The van der Waals surface area contributed by atoms with Crippen LogP contribution in [0.25, 0.3) is 0 Å². The smallest absolute Gasteiger partial charge is 0.237 e. The van der Waals surface area contributed by atoms with E-state index in [0.29, 0.717) is 17.9 Å². The Morgan fingerprint density at radius 1 is 1.47 bits per heavy atom. The Hall–Kier alpha value is -0.610. The molecule has 1 amide bonds. The van der Waals surface area contributed by atoms with E-state index in [9.17, 15) is 4.79 Å². The molecule has 2 rings (SSSR count). The molecule has 2 N–H and O–H groups in total. The highest BCUT2D eigenvalue weighted by Crippen LogP contribution is 2.26. The molecule has 0 radical (unpaired) electrons. The van der Waals surface area contributed by atoms with Gasteiger partial charge >= 0.3 is 0 Å². The van der Waals surface area contributed by atoms with Gasteiger partial charge in [-0.25, -0.2) is 0 Å². The fourth-order valence-corrected chi connectivity index (χ4v) is 2.87. The number of nitrogens with one attached hydrogen (secondary N) is 2. The van der Waals surface area contributed by atoms with Crippen LogP contribution in [-0.2, 0) is 9.53 Å². The second-order valence-electron chi connectivity index (χ2n) is 5.52. The summed E-state index contributed by atoms with van der Waals surface area (Å²) in [5.74, 6) is 1.18. The van der Waals surface area contributed by atoms with Crippen molar-refractivity contribution in [3.63, 3.8) is 0 Å². The molecule has 17 heavy (non-hydrogen) atoms. The molecule has 0 bridgehead atoms. The molecule has 2 aliphatic heterocycles. The summed E-state index contributed by atoms with van der Waals surface area (Å²) in [5.41, 5.74) is 0. The number of carbonyl (C=O) groups excluding carboxylic acids is 1. The standard InChI is InChI=1S/C13H24N2O2/c1-9(2)12-10(5-7-17-12)8-15-13(16)11-4-3-6-14-11/h9-12,14H,3-8H2,1-2H3,(H,15,16). The van der Waals surface area contributed by atoms with Crippen LogP contribution in [0.2, 0.25) is 0 Å². The van der Waals surface area contributed by atoms with E-state index in [0.717, 1.165) is 39.0 Å². The lowest BCUT2D eigenvalue weighted by Gasteiger charge is -2.22. The van der Waals surface area contributed by atoms with Crippen molar-refractivity contribution in [1.29, 1.82) is 0 Å². The maximum Gasteiger partial charge on any atom is 0.237 e. The zero-order valence-electron chi connectivity index (χ0n) is 10.9. The van der Waals surface area contributed by atoms with E-state index in [1.807, 2.05) is 0 Å². The minimum Gasteiger partial charge on any atom is -0.378 e. The van der Waals surface area contributed by atoms with Gasteiger partial charge in [-0.05, 0) is 31.7 Å². The second-order valence-corrected chi connectivity index (χ2v) is 5.52. The van der Waals surface area contributed by atoms with Crippen LogP contribution in [0.5, 0.6) is 0 Å². The lowest BCUT2D eigenvalue weighted by Crippen LogP contribution is -2.43. The van der Waals surface area contributed by atoms with Crippen molar-refractivity contribution in [2.45, 2.75) is 45.3 Å². The van der Waals surface area contributed by atoms with Gasteiger partial charge in [0.15, 0.2) is 0 Å². The van der Waals surface area contributed by atoms with Crippen molar-refractivity contribution < 1.29 is 9.53 Å². The molecule has 2 fully saturated rings. The maximum absolute atomic E-state index is 11.9. The highest BCUT2D eigenvalue weighted by atomic mass is 16.5. The topological polar surface area (TPSA) is 50.4 Å². The molecular weight excluding hydrogens is 216 g/mol. The predicted molar refractivity (Wildman–Crippen MR) is 66.7 cm³/mol. The van der Waals surface area contributed by atoms with E-state index >= 15 is 0 Å². The molecule has 3 atom stereocenters. The van der Waals surface area contributed by atoms with Crippen molar-refractivity contribution in [3.05, 3.63) is 0 Å². The van der Waals surface area contributed by atoms with E-state index < -0.39 is 0 Å². The van der Waals surface area contributed by atoms with Crippen LogP contribution in [0.1, 0.15) is 33.1 Å². The normalized spacial score (nSPS) is 33.2. The van der Waals surface area contributed by atoms with E-state index in [-0.39, 0.29) is 11.9 Å². The fourth-order valence-electron chi connectivity index (χ4n) is 2.87. The van der Waals surface area contributed by atoms with E-state index in [1.165, 1.54) is 0 Å². The molecule has 2 saturated heterocycles. The third-order valence-corrected chi connectivity index (χ3v) is 3.84. The highest BCUT2D eigenvalue weighted by Gasteiger charge is 2.31. The molecule has 0 aliphatic carbocycles. The third kappa shape index (κ3) is 3.19. The quantitative estimate of drug-likeness (QED) is 0.768. The Kier molecular flexibility index (Phi) is 4.40. The number of amides is 1. The average Bonchev–Trinajstić information content (AvgIpc) is 2.96. The number of hydrogen-bond acceptors (Lipinski definition) is 3. The first-order valence-electron chi connectivity index (χ1n) is 6.81. The minimum absolute atomic E-state index is 0.0369. The first-order valence-corrected chi connectivity index (χ1v) is 6.81. The lowest BCUT2D eigenvalue weighted by molar-refractivity contribution is -0.123. The van der Waals surface area contributed by atoms with Gasteiger partial charge in [-0.3, -0.25) is 4.79 Å². The summed E-state index contributed by atoms with van der Waals surface area (Å²) in [6.07, 6.45) is 3.47. The van der Waals surface area contributed by atoms with E-state index in [1.54, 1.807) is 0 Å². The van der Waals surface area contributed by atoms with Gasteiger partial charge < -0.3 is 15.4 Å². The Labute approximate surface area is 103 Å². The Bertz CT molecular complexity index is 262. The van der Waals surface area contributed by atoms with Gasteiger partial charge in [0.05, 0.1) is 12.1 Å². The molecule has 98 valence electrons. The first-order chi connectivity index (χ1) is 8.18. The van der Waals surface area contributed by atoms with Crippen LogP contribution < -0.4 is 10.6 Å². The van der Waals surface area contributed by atoms with Gasteiger partial charge in [-0.15, -0.1) is 0 Å². The molecule has 4 heteroatoms. The number of rotatable bonds is 4. The first kappa shape index (κ1) is 12.8. The molecule has 0 saturated carbocycles. The zero-order chi connectivity index (χ0) is 12.3. The van der Waals surface area contributed by atoms with Gasteiger partial charge in [0, 0.05) is 19.1 Å². The molecule has 0 aromatic rings. The SMILES string of the molecule is CC(C)C1OCCC1CNC(=O)C1CCCN1.